The van der Waals surface area contributed by atoms with Crippen LogP contribution in [0.3, 0.4) is 0 Å². The van der Waals surface area contributed by atoms with Gasteiger partial charge in [-0.25, -0.2) is 0 Å². The lowest BCUT2D eigenvalue weighted by atomic mass is 9.87. The number of nitrogen functional groups attached to an aromatic ring is 1. The van der Waals surface area contributed by atoms with Crippen molar-refractivity contribution in [3.63, 3.8) is 0 Å². The number of hydrogen-bond donors (Lipinski definition) is 5. The van der Waals surface area contributed by atoms with Crippen molar-refractivity contribution in [3.8, 4) is 0 Å². The van der Waals surface area contributed by atoms with Crippen LogP contribution in [0.1, 0.15) is 73.1 Å². The average molecular weight is 520 g/mol. The van der Waals surface area contributed by atoms with Crippen molar-refractivity contribution in [2.24, 2.45) is 11.7 Å². The Labute approximate surface area is 223 Å². The van der Waals surface area contributed by atoms with Crippen molar-refractivity contribution >= 4 is 35.1 Å². The molecule has 2 atom stereocenters. The number of amides is 2. The van der Waals surface area contributed by atoms with Crippen LogP contribution in [0.5, 0.6) is 0 Å². The van der Waals surface area contributed by atoms with Crippen molar-refractivity contribution in [2.75, 3.05) is 18.4 Å². The van der Waals surface area contributed by atoms with Crippen molar-refractivity contribution in [3.05, 3.63) is 75.7 Å². The number of nitrogens with two attached hydrogens (primary N) is 1. The van der Waals surface area contributed by atoms with Crippen molar-refractivity contribution < 1.29 is 9.59 Å². The highest BCUT2D eigenvalue weighted by Gasteiger charge is 2.24. The van der Waals surface area contributed by atoms with E-state index in [9.17, 15) is 9.59 Å². The highest BCUT2D eigenvalue weighted by Crippen LogP contribution is 2.45. The summed E-state index contributed by atoms with van der Waals surface area (Å²) in [4.78, 5) is 26.4. The number of thioether (sulfide) groups is 1. The molecule has 2 aliphatic rings. The number of carbonyl (C=O) groups excluding carboxylic acids is 2. The first-order valence-corrected chi connectivity index (χ1v) is 13.9. The number of benzene rings is 2. The fourth-order valence-electron chi connectivity index (χ4n) is 5.01. The summed E-state index contributed by atoms with van der Waals surface area (Å²) in [5, 5.41) is 17.0. The highest BCUT2D eigenvalue weighted by molar-refractivity contribution is 8.03. The Morgan fingerprint density at radius 2 is 1.86 bits per heavy atom. The molecule has 0 radical (unpaired) electrons. The molecule has 8 heteroatoms. The van der Waals surface area contributed by atoms with E-state index < -0.39 is 0 Å². The normalized spacial score (nSPS) is 18.6. The van der Waals surface area contributed by atoms with E-state index in [2.05, 4.69) is 47.1 Å². The van der Waals surface area contributed by atoms with Crippen LogP contribution < -0.4 is 21.7 Å². The van der Waals surface area contributed by atoms with Gasteiger partial charge in [0.2, 0.25) is 11.8 Å². The number of amidine groups is 1. The van der Waals surface area contributed by atoms with E-state index in [0.29, 0.717) is 22.4 Å². The van der Waals surface area contributed by atoms with Gasteiger partial charge in [0.05, 0.1) is 6.04 Å². The number of carbonyl (C=O) groups is 2. The Morgan fingerprint density at radius 1 is 1.14 bits per heavy atom. The predicted octanol–water partition coefficient (Wildman–Crippen LogP) is 4.80. The molecule has 0 aliphatic carbocycles. The second-order valence-electron chi connectivity index (χ2n) is 10.0. The number of nitrogens with one attached hydrogen (secondary N) is 4. The van der Waals surface area contributed by atoms with Crippen molar-refractivity contribution in [1.29, 1.82) is 5.41 Å². The molecule has 0 spiro atoms. The van der Waals surface area contributed by atoms with E-state index in [1.165, 1.54) is 28.9 Å². The molecular weight excluding hydrogens is 482 g/mol. The standard InChI is InChI=1S/C29H37N5O2S/c1-18-3-10-26(37-18)25-16-22(4-5-23(25)15-20-11-13-32-14-12-20)19(2)33-27(35)17-28(36)34-24-8-6-21(7-9-24)29(30)31/h3-9,16,19-20,26,32H,10-15,17H2,1-2H3,(H3,30,31)(H,33,35)(H,34,36). The van der Waals surface area contributed by atoms with E-state index in [-0.39, 0.29) is 30.1 Å². The molecular formula is C29H37N5O2S. The number of hydrogen-bond acceptors (Lipinski definition) is 5. The Bertz CT molecular complexity index is 1170. The third-order valence-electron chi connectivity index (χ3n) is 7.11. The number of piperidine rings is 1. The Kier molecular flexibility index (Phi) is 9.05. The van der Waals surface area contributed by atoms with Crippen LogP contribution in [0.2, 0.25) is 0 Å². The minimum Gasteiger partial charge on any atom is -0.384 e. The Hall–Kier alpha value is -3.10. The second kappa shape index (κ2) is 12.4. The average Bonchev–Trinajstić information content (AvgIpc) is 3.31. The summed E-state index contributed by atoms with van der Waals surface area (Å²) in [7, 11) is 0. The van der Waals surface area contributed by atoms with Gasteiger partial charge in [0, 0.05) is 16.5 Å². The fourth-order valence-corrected chi connectivity index (χ4v) is 6.19. The molecule has 2 amide bonds. The molecule has 0 saturated carbocycles. The number of allylic oxidation sites excluding steroid dienone is 2. The monoisotopic (exact) mass is 519 g/mol. The molecule has 0 bridgehead atoms. The van der Waals surface area contributed by atoms with E-state index >= 15 is 0 Å². The third kappa shape index (κ3) is 7.46. The maximum atomic E-state index is 12.6. The van der Waals surface area contributed by atoms with Crippen LogP contribution >= 0.6 is 11.8 Å². The molecule has 2 aliphatic heterocycles. The minimum atomic E-state index is -0.387. The Morgan fingerprint density at radius 3 is 2.51 bits per heavy atom. The lowest BCUT2D eigenvalue weighted by Crippen LogP contribution is -2.30. The molecule has 196 valence electrons. The molecule has 4 rings (SSSR count). The molecule has 1 fully saturated rings. The van der Waals surface area contributed by atoms with Gasteiger partial charge in [-0.05, 0) is 104 Å². The third-order valence-corrected chi connectivity index (χ3v) is 8.38. The van der Waals surface area contributed by atoms with Gasteiger partial charge in [0.25, 0.3) is 0 Å². The van der Waals surface area contributed by atoms with E-state index in [1.807, 2.05) is 18.7 Å². The molecule has 37 heavy (non-hydrogen) atoms. The summed E-state index contributed by atoms with van der Waals surface area (Å²) in [6, 6.07) is 13.1. The first-order valence-electron chi connectivity index (χ1n) is 13.0. The molecule has 6 N–H and O–H groups in total. The Balaban J connectivity index is 1.38. The van der Waals surface area contributed by atoms with Crippen LogP contribution in [0.4, 0.5) is 5.69 Å². The van der Waals surface area contributed by atoms with Gasteiger partial charge in [0.1, 0.15) is 12.3 Å². The summed E-state index contributed by atoms with van der Waals surface area (Å²) in [6.07, 6.45) is 6.61. The molecule has 0 aromatic heterocycles. The zero-order chi connectivity index (χ0) is 26.4. The van der Waals surface area contributed by atoms with Crippen molar-refractivity contribution in [2.45, 2.75) is 57.2 Å². The lowest BCUT2D eigenvalue weighted by Gasteiger charge is -2.26. The zero-order valence-corrected chi connectivity index (χ0v) is 22.4. The molecule has 2 aromatic rings. The summed E-state index contributed by atoms with van der Waals surface area (Å²) in [5.41, 5.74) is 10.5. The topological polar surface area (TPSA) is 120 Å². The predicted molar refractivity (Wildman–Crippen MR) is 152 cm³/mol. The van der Waals surface area contributed by atoms with Crippen LogP contribution in [0, 0.1) is 11.3 Å². The smallest absolute Gasteiger partial charge is 0.233 e. The van der Waals surface area contributed by atoms with Crippen LogP contribution in [-0.2, 0) is 16.0 Å². The summed E-state index contributed by atoms with van der Waals surface area (Å²) in [6.45, 7) is 6.33. The quantitative estimate of drug-likeness (QED) is 0.185. The maximum absolute atomic E-state index is 12.6. The van der Waals surface area contributed by atoms with E-state index in [0.717, 1.165) is 31.5 Å². The minimum absolute atomic E-state index is 0.0355. The van der Waals surface area contributed by atoms with Gasteiger partial charge < -0.3 is 21.7 Å². The van der Waals surface area contributed by atoms with Crippen LogP contribution in [-0.4, -0.2) is 30.7 Å². The summed E-state index contributed by atoms with van der Waals surface area (Å²) in [5.74, 6) is -0.0344. The van der Waals surface area contributed by atoms with Gasteiger partial charge in [-0.1, -0.05) is 24.3 Å². The zero-order valence-electron chi connectivity index (χ0n) is 21.6. The van der Waals surface area contributed by atoms with Gasteiger partial charge in [-0.3, -0.25) is 15.0 Å². The number of anilines is 1. The largest absolute Gasteiger partial charge is 0.384 e. The second-order valence-corrected chi connectivity index (χ2v) is 11.5. The van der Waals surface area contributed by atoms with Gasteiger partial charge in [0.15, 0.2) is 0 Å². The first-order chi connectivity index (χ1) is 17.8. The molecule has 2 unspecified atom stereocenters. The molecule has 7 nitrogen and oxygen atoms in total. The van der Waals surface area contributed by atoms with Gasteiger partial charge in [-0.2, -0.15) is 0 Å². The lowest BCUT2D eigenvalue weighted by molar-refractivity contribution is -0.127. The SMILES string of the molecule is CC1=CCC(c2cc(C(C)NC(=O)CC(=O)Nc3ccc(C(=N)N)cc3)ccc2CC2CCNCC2)S1. The highest BCUT2D eigenvalue weighted by atomic mass is 32.2. The fraction of sp³-hybridized carbons (Fsp3) is 0.414. The maximum Gasteiger partial charge on any atom is 0.233 e. The van der Waals surface area contributed by atoms with E-state index in [1.54, 1.807) is 24.3 Å². The first kappa shape index (κ1) is 26.9. The van der Waals surface area contributed by atoms with E-state index in [4.69, 9.17) is 11.1 Å². The van der Waals surface area contributed by atoms with Gasteiger partial charge in [-0.15, -0.1) is 11.8 Å². The van der Waals surface area contributed by atoms with Crippen LogP contribution in [0.25, 0.3) is 0 Å². The van der Waals surface area contributed by atoms with Crippen molar-refractivity contribution in [1.82, 2.24) is 10.6 Å². The summed E-state index contributed by atoms with van der Waals surface area (Å²) >= 11 is 1.93. The number of rotatable bonds is 9. The van der Waals surface area contributed by atoms with Crippen LogP contribution in [0.15, 0.2) is 53.4 Å². The molecule has 2 heterocycles. The summed E-state index contributed by atoms with van der Waals surface area (Å²) < 4.78 is 0. The molecule has 1 saturated heterocycles. The molecule has 2 aromatic carbocycles. The van der Waals surface area contributed by atoms with Gasteiger partial charge >= 0.3 is 0 Å².